The molecular weight excluding hydrogens is 434 g/mol. The van der Waals surface area contributed by atoms with Gasteiger partial charge in [0, 0.05) is 31.0 Å². The summed E-state index contributed by atoms with van der Waals surface area (Å²) < 4.78 is 28.2. The highest BCUT2D eigenvalue weighted by Gasteiger charge is 2.39. The minimum absolute atomic E-state index is 0.223. The Bertz CT molecular complexity index is 1270. The number of anilines is 2. The van der Waals surface area contributed by atoms with Gasteiger partial charge in [0.15, 0.2) is 0 Å². The van der Waals surface area contributed by atoms with Gasteiger partial charge in [-0.05, 0) is 80.3 Å². The minimum Gasteiger partial charge on any atom is -0.372 e. The Kier molecular flexibility index (Phi) is 6.72. The van der Waals surface area contributed by atoms with Crippen LogP contribution in [0.1, 0.15) is 32.3 Å². The molecule has 4 rings (SSSR count). The summed E-state index contributed by atoms with van der Waals surface area (Å²) in [6, 6.07) is 18.0. The number of nitrogens with one attached hydrogen (secondary N) is 1. The van der Waals surface area contributed by atoms with E-state index in [9.17, 15) is 13.2 Å². The normalized spacial score (nSPS) is 16.8. The summed E-state index contributed by atoms with van der Waals surface area (Å²) in [7, 11) is -3.79. The van der Waals surface area contributed by atoms with Crippen LogP contribution in [0.5, 0.6) is 0 Å². The van der Waals surface area contributed by atoms with E-state index >= 15 is 0 Å². The second kappa shape index (κ2) is 9.53. The minimum atomic E-state index is -3.79. The van der Waals surface area contributed by atoms with Gasteiger partial charge in [0.1, 0.15) is 6.04 Å². The molecule has 0 aromatic heterocycles. The van der Waals surface area contributed by atoms with Crippen LogP contribution in [0.3, 0.4) is 0 Å². The fraction of sp³-hybridized carbons (Fsp3) is 0.346. The summed E-state index contributed by atoms with van der Waals surface area (Å²) in [6.07, 6.45) is 1.17. The molecule has 0 saturated carbocycles. The number of fused-ring (bicyclic) bond motifs is 1. The monoisotopic (exact) mass is 465 g/mol. The molecular formula is C26H31N3O3S. The summed E-state index contributed by atoms with van der Waals surface area (Å²) in [6.45, 7) is 8.34. The van der Waals surface area contributed by atoms with Crippen LogP contribution in [-0.4, -0.2) is 44.3 Å². The van der Waals surface area contributed by atoms with Gasteiger partial charge in [-0.15, -0.1) is 0 Å². The molecule has 33 heavy (non-hydrogen) atoms. The first-order chi connectivity index (χ1) is 15.8. The van der Waals surface area contributed by atoms with Gasteiger partial charge in [-0.3, -0.25) is 4.79 Å². The summed E-state index contributed by atoms with van der Waals surface area (Å²) in [5.41, 5.74) is 2.78. The molecule has 1 saturated heterocycles. The van der Waals surface area contributed by atoms with Crippen molar-refractivity contribution in [2.75, 3.05) is 29.9 Å². The van der Waals surface area contributed by atoms with E-state index in [0.717, 1.165) is 35.1 Å². The molecule has 1 amide bonds. The lowest BCUT2D eigenvalue weighted by Gasteiger charge is -2.25. The van der Waals surface area contributed by atoms with Gasteiger partial charge in [0.05, 0.1) is 4.90 Å². The summed E-state index contributed by atoms with van der Waals surface area (Å²) in [4.78, 5) is 15.6. The first kappa shape index (κ1) is 23.3. The summed E-state index contributed by atoms with van der Waals surface area (Å²) in [5, 5.41) is 4.82. The molecule has 1 aliphatic heterocycles. The molecule has 1 atom stereocenters. The van der Waals surface area contributed by atoms with Crippen molar-refractivity contribution < 1.29 is 13.2 Å². The van der Waals surface area contributed by atoms with Crippen molar-refractivity contribution in [3.8, 4) is 0 Å². The van der Waals surface area contributed by atoms with Crippen LogP contribution in [0, 0.1) is 6.92 Å². The zero-order valence-corrected chi connectivity index (χ0v) is 20.2. The van der Waals surface area contributed by atoms with Crippen LogP contribution < -0.4 is 10.2 Å². The Hall–Kier alpha value is -2.90. The van der Waals surface area contributed by atoms with Crippen LogP contribution in [0.2, 0.25) is 0 Å². The number of hydrogen-bond acceptors (Lipinski definition) is 4. The van der Waals surface area contributed by atoms with Crippen LogP contribution >= 0.6 is 0 Å². The van der Waals surface area contributed by atoms with Gasteiger partial charge in [-0.2, -0.15) is 4.31 Å². The largest absolute Gasteiger partial charge is 0.372 e. The fourth-order valence-corrected chi connectivity index (χ4v) is 6.24. The summed E-state index contributed by atoms with van der Waals surface area (Å²) >= 11 is 0. The molecule has 1 N–H and O–H groups in total. The van der Waals surface area contributed by atoms with Crippen LogP contribution in [0.4, 0.5) is 11.4 Å². The van der Waals surface area contributed by atoms with E-state index in [1.54, 1.807) is 12.1 Å². The van der Waals surface area contributed by atoms with Gasteiger partial charge in [0.2, 0.25) is 15.9 Å². The van der Waals surface area contributed by atoms with E-state index in [-0.39, 0.29) is 10.8 Å². The standard InChI is InChI=1S/C26H31N3O3S/c1-4-28(5-2)22-13-15-24(19(3)17-22)27-26(30)25-11-8-16-29(25)33(31,32)23-14-12-20-9-6-7-10-21(20)18-23/h6-7,9-10,12-15,17-18,25H,4-5,8,11,16H2,1-3H3,(H,27,30). The molecule has 7 heteroatoms. The van der Waals surface area contributed by atoms with E-state index in [4.69, 9.17) is 0 Å². The lowest BCUT2D eigenvalue weighted by Crippen LogP contribution is -2.43. The number of carbonyl (C=O) groups excluding carboxylic acids is 1. The van der Waals surface area contributed by atoms with Crippen LogP contribution in [-0.2, 0) is 14.8 Å². The highest BCUT2D eigenvalue weighted by Crippen LogP contribution is 2.30. The van der Waals surface area contributed by atoms with Crippen molar-refractivity contribution in [3.63, 3.8) is 0 Å². The number of benzene rings is 3. The molecule has 1 unspecified atom stereocenters. The highest BCUT2D eigenvalue weighted by atomic mass is 32.2. The third-order valence-electron chi connectivity index (χ3n) is 6.43. The number of nitrogens with zero attached hydrogens (tertiary/aromatic N) is 2. The number of amides is 1. The molecule has 0 radical (unpaired) electrons. The Morgan fingerprint density at radius 3 is 2.45 bits per heavy atom. The topological polar surface area (TPSA) is 69.7 Å². The van der Waals surface area contributed by atoms with E-state index < -0.39 is 16.1 Å². The smallest absolute Gasteiger partial charge is 0.243 e. The number of aryl methyl sites for hydroxylation is 1. The lowest BCUT2D eigenvalue weighted by atomic mass is 10.1. The Labute approximate surface area is 196 Å². The van der Waals surface area contributed by atoms with Gasteiger partial charge in [0.25, 0.3) is 0 Å². The molecule has 1 aliphatic rings. The first-order valence-electron chi connectivity index (χ1n) is 11.5. The number of sulfonamides is 1. The number of rotatable bonds is 7. The molecule has 3 aromatic rings. The summed E-state index contributed by atoms with van der Waals surface area (Å²) in [5.74, 6) is -0.282. The zero-order chi connectivity index (χ0) is 23.6. The van der Waals surface area contributed by atoms with Crippen LogP contribution in [0.25, 0.3) is 10.8 Å². The maximum Gasteiger partial charge on any atom is 0.243 e. The van der Waals surface area contributed by atoms with Gasteiger partial charge < -0.3 is 10.2 Å². The fourth-order valence-electron chi connectivity index (χ4n) is 4.54. The average Bonchev–Trinajstić information content (AvgIpc) is 3.32. The number of carbonyl (C=O) groups is 1. The van der Waals surface area contributed by atoms with Crippen molar-refractivity contribution in [3.05, 3.63) is 66.2 Å². The van der Waals surface area contributed by atoms with Crippen molar-refractivity contribution in [1.82, 2.24) is 4.31 Å². The molecule has 174 valence electrons. The molecule has 0 spiro atoms. The average molecular weight is 466 g/mol. The van der Waals surface area contributed by atoms with Crippen molar-refractivity contribution >= 4 is 38.1 Å². The predicted molar refractivity (Wildman–Crippen MR) is 134 cm³/mol. The second-order valence-electron chi connectivity index (χ2n) is 8.44. The van der Waals surface area contributed by atoms with E-state index in [1.807, 2.05) is 49.4 Å². The quantitative estimate of drug-likeness (QED) is 0.545. The third kappa shape index (κ3) is 4.61. The van der Waals surface area contributed by atoms with E-state index in [2.05, 4.69) is 30.1 Å². The van der Waals surface area contributed by atoms with Gasteiger partial charge in [-0.25, -0.2) is 8.42 Å². The van der Waals surface area contributed by atoms with Crippen LogP contribution in [0.15, 0.2) is 65.6 Å². The van der Waals surface area contributed by atoms with Gasteiger partial charge >= 0.3 is 0 Å². The number of hydrogen-bond donors (Lipinski definition) is 1. The predicted octanol–water partition coefficient (Wildman–Crippen LogP) is 4.79. The molecule has 1 fully saturated rings. The molecule has 1 heterocycles. The second-order valence-corrected chi connectivity index (χ2v) is 10.3. The van der Waals surface area contributed by atoms with Crippen molar-refractivity contribution in [1.29, 1.82) is 0 Å². The van der Waals surface area contributed by atoms with E-state index in [0.29, 0.717) is 25.1 Å². The Balaban J connectivity index is 1.55. The first-order valence-corrected chi connectivity index (χ1v) is 13.0. The molecule has 6 nitrogen and oxygen atoms in total. The Morgan fingerprint density at radius 1 is 1.03 bits per heavy atom. The molecule has 3 aromatic carbocycles. The zero-order valence-electron chi connectivity index (χ0n) is 19.4. The third-order valence-corrected chi connectivity index (χ3v) is 8.33. The SMILES string of the molecule is CCN(CC)c1ccc(NC(=O)C2CCCN2S(=O)(=O)c2ccc3ccccc3c2)c(C)c1. The maximum absolute atomic E-state index is 13.4. The van der Waals surface area contributed by atoms with Crippen molar-refractivity contribution in [2.24, 2.45) is 0 Å². The maximum atomic E-state index is 13.4. The van der Waals surface area contributed by atoms with Crippen molar-refractivity contribution in [2.45, 2.75) is 44.6 Å². The van der Waals surface area contributed by atoms with E-state index in [1.165, 1.54) is 4.31 Å². The molecule has 0 bridgehead atoms. The molecule has 0 aliphatic carbocycles. The lowest BCUT2D eigenvalue weighted by molar-refractivity contribution is -0.119. The highest BCUT2D eigenvalue weighted by molar-refractivity contribution is 7.89. The van der Waals surface area contributed by atoms with Gasteiger partial charge in [-0.1, -0.05) is 30.3 Å². The Morgan fingerprint density at radius 2 is 1.76 bits per heavy atom.